The van der Waals surface area contributed by atoms with Crippen LogP contribution in [0.2, 0.25) is 0 Å². The second-order valence-corrected chi connectivity index (χ2v) is 13.0. The van der Waals surface area contributed by atoms with Crippen molar-refractivity contribution in [2.24, 2.45) is 0 Å². The number of allylic oxidation sites excluding steroid dienone is 4. The molecule has 1 unspecified atom stereocenters. The van der Waals surface area contributed by atoms with E-state index in [4.69, 9.17) is 0 Å². The second-order valence-electron chi connectivity index (χ2n) is 12.0. The van der Waals surface area contributed by atoms with E-state index in [2.05, 4.69) is 147 Å². The lowest BCUT2D eigenvalue weighted by Crippen LogP contribution is -2.11. The van der Waals surface area contributed by atoms with Gasteiger partial charge in [-0.2, -0.15) is 0 Å². The van der Waals surface area contributed by atoms with Crippen molar-refractivity contribution in [2.75, 3.05) is 0 Å². The highest BCUT2D eigenvalue weighted by Crippen LogP contribution is 2.44. The van der Waals surface area contributed by atoms with Crippen LogP contribution in [0.3, 0.4) is 0 Å². The molecule has 0 spiro atoms. The molecule has 2 heteroatoms. The molecule has 0 bridgehead atoms. The Labute approximate surface area is 251 Å². The highest BCUT2D eigenvalue weighted by Gasteiger charge is 2.24. The Morgan fingerprint density at radius 2 is 1.36 bits per heavy atom. The number of fused-ring (bicyclic) bond motifs is 6. The van der Waals surface area contributed by atoms with Gasteiger partial charge in [0.1, 0.15) is 0 Å². The molecule has 0 fully saturated rings. The third kappa shape index (κ3) is 3.90. The number of para-hydroxylation sites is 2. The molecule has 0 aliphatic heterocycles. The molecule has 0 N–H and O–H groups in total. The Balaban J connectivity index is 1.26. The Kier molecular flexibility index (Phi) is 5.94. The standard InChI is InChI=1S/C40H33NS/c1-25(2)29-14-10-15-31(27-19-21-35-34-13-6-9-18-38(34)42-39(35)24-27)40(29)30-22-20-28(23-26(30)3)41-36-16-7-4-11-32(36)33-12-5-8-17-37(33)41/h4-22,24-25,28H,23H2,1-3H3. The van der Waals surface area contributed by atoms with Crippen molar-refractivity contribution in [2.45, 2.75) is 39.2 Å². The van der Waals surface area contributed by atoms with E-state index in [0.29, 0.717) is 5.92 Å². The van der Waals surface area contributed by atoms with Crippen molar-refractivity contribution in [3.63, 3.8) is 0 Å². The van der Waals surface area contributed by atoms with Crippen LogP contribution in [0.1, 0.15) is 50.3 Å². The van der Waals surface area contributed by atoms with E-state index in [1.165, 1.54) is 75.4 Å². The molecule has 1 atom stereocenters. The van der Waals surface area contributed by atoms with Gasteiger partial charge >= 0.3 is 0 Å². The second kappa shape index (κ2) is 9.86. The lowest BCUT2D eigenvalue weighted by atomic mass is 9.81. The molecule has 42 heavy (non-hydrogen) atoms. The van der Waals surface area contributed by atoms with Gasteiger partial charge in [0.25, 0.3) is 0 Å². The van der Waals surface area contributed by atoms with E-state index in [0.717, 1.165) is 6.42 Å². The average molecular weight is 560 g/mol. The van der Waals surface area contributed by atoms with Crippen LogP contribution in [0.25, 0.3) is 58.7 Å². The summed E-state index contributed by atoms with van der Waals surface area (Å²) in [6, 6.07) is 40.7. The van der Waals surface area contributed by atoms with Gasteiger partial charge in [-0.1, -0.05) is 117 Å². The van der Waals surface area contributed by atoms with E-state index in [1.807, 2.05) is 11.3 Å². The van der Waals surface area contributed by atoms with Crippen LogP contribution >= 0.6 is 11.3 Å². The summed E-state index contributed by atoms with van der Waals surface area (Å²) in [7, 11) is 0. The maximum atomic E-state index is 2.55. The molecule has 0 saturated carbocycles. The smallest absolute Gasteiger partial charge is 0.0563 e. The number of hydrogen-bond donors (Lipinski definition) is 0. The molecule has 1 aliphatic rings. The zero-order valence-corrected chi connectivity index (χ0v) is 25.1. The summed E-state index contributed by atoms with van der Waals surface area (Å²) in [6.45, 7) is 6.98. The first kappa shape index (κ1) is 25.3. The molecule has 1 aliphatic carbocycles. The number of thiophene rings is 1. The summed E-state index contributed by atoms with van der Waals surface area (Å²) < 4.78 is 5.25. The molecule has 0 saturated heterocycles. The number of nitrogens with zero attached hydrogens (tertiary/aromatic N) is 1. The predicted molar refractivity (Wildman–Crippen MR) is 184 cm³/mol. The quantitative estimate of drug-likeness (QED) is 0.202. The Bertz CT molecular complexity index is 2160. The normalized spacial score (nSPS) is 15.7. The molecule has 2 aromatic heterocycles. The number of benzene rings is 5. The summed E-state index contributed by atoms with van der Waals surface area (Å²) in [6.07, 6.45) is 5.85. The molecule has 7 aromatic rings. The third-order valence-corrected chi connectivity index (χ3v) is 10.2. The van der Waals surface area contributed by atoms with Gasteiger partial charge in [0.2, 0.25) is 0 Å². The zero-order valence-electron chi connectivity index (χ0n) is 24.3. The van der Waals surface area contributed by atoms with Crippen LogP contribution in [0.5, 0.6) is 0 Å². The van der Waals surface area contributed by atoms with Crippen LogP contribution in [-0.4, -0.2) is 4.57 Å². The summed E-state index contributed by atoms with van der Waals surface area (Å²) in [4.78, 5) is 0. The van der Waals surface area contributed by atoms with Gasteiger partial charge in [-0.25, -0.2) is 0 Å². The lowest BCUT2D eigenvalue weighted by Gasteiger charge is -2.27. The molecular weight excluding hydrogens is 527 g/mol. The van der Waals surface area contributed by atoms with Gasteiger partial charge in [-0.15, -0.1) is 11.3 Å². The largest absolute Gasteiger partial charge is 0.333 e. The predicted octanol–water partition coefficient (Wildman–Crippen LogP) is 11.9. The summed E-state index contributed by atoms with van der Waals surface area (Å²) >= 11 is 1.89. The highest BCUT2D eigenvalue weighted by molar-refractivity contribution is 7.25. The van der Waals surface area contributed by atoms with Crippen LogP contribution in [-0.2, 0) is 0 Å². The average Bonchev–Trinajstić information content (AvgIpc) is 3.56. The molecule has 2 heterocycles. The fourth-order valence-electron chi connectivity index (χ4n) is 7.11. The van der Waals surface area contributed by atoms with Gasteiger partial charge in [-0.3, -0.25) is 0 Å². The molecular formula is C40H33NS. The zero-order chi connectivity index (χ0) is 28.4. The lowest BCUT2D eigenvalue weighted by molar-refractivity contribution is 0.631. The fourth-order valence-corrected chi connectivity index (χ4v) is 8.26. The topological polar surface area (TPSA) is 4.93 Å². The van der Waals surface area contributed by atoms with Crippen molar-refractivity contribution < 1.29 is 0 Å². The highest BCUT2D eigenvalue weighted by atomic mass is 32.1. The molecule has 204 valence electrons. The van der Waals surface area contributed by atoms with Crippen molar-refractivity contribution in [3.05, 3.63) is 138 Å². The minimum atomic E-state index is 0.281. The SMILES string of the molecule is CC1=C(c2c(-c3ccc4c(c3)sc3ccccc34)cccc2C(C)C)C=CC(n2c3ccccc3c3ccccc32)C1. The minimum absolute atomic E-state index is 0.281. The van der Waals surface area contributed by atoms with Crippen molar-refractivity contribution >= 4 is 58.9 Å². The van der Waals surface area contributed by atoms with Gasteiger partial charge < -0.3 is 4.57 Å². The van der Waals surface area contributed by atoms with E-state index in [1.54, 1.807) is 0 Å². The maximum absolute atomic E-state index is 2.55. The Morgan fingerprint density at radius 3 is 2.07 bits per heavy atom. The van der Waals surface area contributed by atoms with Crippen LogP contribution in [0.4, 0.5) is 0 Å². The summed E-state index contributed by atoms with van der Waals surface area (Å²) in [5.74, 6) is 0.428. The van der Waals surface area contributed by atoms with E-state index >= 15 is 0 Å². The first-order valence-electron chi connectivity index (χ1n) is 15.0. The monoisotopic (exact) mass is 559 g/mol. The van der Waals surface area contributed by atoms with Gasteiger partial charge in [0.15, 0.2) is 0 Å². The third-order valence-electron chi connectivity index (χ3n) is 9.09. The summed E-state index contributed by atoms with van der Waals surface area (Å²) in [5, 5.41) is 5.36. The maximum Gasteiger partial charge on any atom is 0.0563 e. The number of hydrogen-bond acceptors (Lipinski definition) is 1. The fraction of sp³-hybridized carbons (Fsp3) is 0.150. The molecule has 1 nitrogen and oxygen atoms in total. The first-order chi connectivity index (χ1) is 20.6. The molecule has 5 aromatic carbocycles. The van der Waals surface area contributed by atoms with Crippen LogP contribution < -0.4 is 0 Å². The number of rotatable bonds is 4. The Morgan fingerprint density at radius 1 is 0.690 bits per heavy atom. The van der Waals surface area contributed by atoms with Crippen molar-refractivity contribution in [3.8, 4) is 11.1 Å². The van der Waals surface area contributed by atoms with E-state index in [-0.39, 0.29) is 6.04 Å². The van der Waals surface area contributed by atoms with E-state index < -0.39 is 0 Å². The van der Waals surface area contributed by atoms with Crippen molar-refractivity contribution in [1.82, 2.24) is 4.57 Å². The van der Waals surface area contributed by atoms with Gasteiger partial charge in [0.05, 0.1) is 6.04 Å². The Hall–Kier alpha value is -4.40. The van der Waals surface area contributed by atoms with E-state index in [9.17, 15) is 0 Å². The molecule has 0 radical (unpaired) electrons. The minimum Gasteiger partial charge on any atom is -0.333 e. The van der Waals surface area contributed by atoms with Gasteiger partial charge in [-0.05, 0) is 71.4 Å². The first-order valence-corrected chi connectivity index (χ1v) is 15.8. The van der Waals surface area contributed by atoms with Crippen LogP contribution in [0.15, 0.2) is 127 Å². The summed E-state index contributed by atoms with van der Waals surface area (Å²) in [5.41, 5.74) is 10.9. The number of aromatic nitrogens is 1. The molecule has 8 rings (SSSR count). The van der Waals surface area contributed by atoms with Crippen molar-refractivity contribution in [1.29, 1.82) is 0 Å². The molecule has 0 amide bonds. The van der Waals surface area contributed by atoms with Gasteiger partial charge in [0, 0.05) is 42.0 Å². The van der Waals surface area contributed by atoms with Crippen LogP contribution in [0, 0.1) is 0 Å².